The van der Waals surface area contributed by atoms with Gasteiger partial charge in [-0.3, -0.25) is 4.98 Å². The van der Waals surface area contributed by atoms with E-state index in [1.807, 2.05) is 24.3 Å². The number of nitrogens with two attached hydrogens (primary N) is 1. The first kappa shape index (κ1) is 8.66. The second-order valence-electron chi connectivity index (χ2n) is 2.81. The number of hydrogen-bond acceptors (Lipinski definition) is 2. The topological polar surface area (TPSA) is 38.9 Å². The van der Waals surface area contributed by atoms with Gasteiger partial charge in [0, 0.05) is 22.6 Å². The molecule has 2 aromatic rings. The van der Waals surface area contributed by atoms with Crippen molar-refractivity contribution in [2.75, 3.05) is 0 Å². The molecule has 0 aliphatic rings. The molecule has 0 spiro atoms. The van der Waals surface area contributed by atoms with E-state index in [1.54, 1.807) is 6.20 Å². The quantitative estimate of drug-likeness (QED) is 0.827. The van der Waals surface area contributed by atoms with Crippen molar-refractivity contribution in [3.8, 4) is 0 Å². The molecular formula is C10H9BrN2. The van der Waals surface area contributed by atoms with E-state index in [0.29, 0.717) is 6.54 Å². The van der Waals surface area contributed by atoms with Crippen LogP contribution in [0.3, 0.4) is 0 Å². The van der Waals surface area contributed by atoms with Crippen LogP contribution < -0.4 is 5.73 Å². The lowest BCUT2D eigenvalue weighted by molar-refractivity contribution is 1.07. The van der Waals surface area contributed by atoms with Crippen LogP contribution in [-0.4, -0.2) is 4.98 Å². The molecule has 0 unspecified atom stereocenters. The Balaban J connectivity index is 2.79. The van der Waals surface area contributed by atoms with Gasteiger partial charge >= 0.3 is 0 Å². The van der Waals surface area contributed by atoms with Crippen molar-refractivity contribution < 1.29 is 0 Å². The normalized spacial score (nSPS) is 10.6. The van der Waals surface area contributed by atoms with Gasteiger partial charge in [0.2, 0.25) is 0 Å². The summed E-state index contributed by atoms with van der Waals surface area (Å²) >= 11 is 3.52. The molecule has 0 aliphatic heterocycles. The van der Waals surface area contributed by atoms with Crippen LogP contribution in [0.1, 0.15) is 5.56 Å². The van der Waals surface area contributed by atoms with E-state index >= 15 is 0 Å². The van der Waals surface area contributed by atoms with Crippen molar-refractivity contribution in [1.82, 2.24) is 4.98 Å². The van der Waals surface area contributed by atoms with Crippen molar-refractivity contribution in [2.24, 2.45) is 5.73 Å². The molecule has 66 valence electrons. The third-order valence-electron chi connectivity index (χ3n) is 2.02. The molecule has 0 saturated carbocycles. The Labute approximate surface area is 84.9 Å². The smallest absolute Gasteiger partial charge is 0.0713 e. The highest BCUT2D eigenvalue weighted by Crippen LogP contribution is 2.25. The molecule has 13 heavy (non-hydrogen) atoms. The predicted molar refractivity (Wildman–Crippen MR) is 57.3 cm³/mol. The average molecular weight is 237 g/mol. The number of aromatic nitrogens is 1. The molecule has 0 bridgehead atoms. The average Bonchev–Trinajstić information content (AvgIpc) is 2.19. The van der Waals surface area contributed by atoms with Crippen molar-refractivity contribution in [3.63, 3.8) is 0 Å². The summed E-state index contributed by atoms with van der Waals surface area (Å²) in [4.78, 5) is 4.25. The first-order chi connectivity index (χ1) is 6.33. The summed E-state index contributed by atoms with van der Waals surface area (Å²) < 4.78 is 1.06. The Bertz CT molecular complexity index is 440. The third-order valence-corrected chi connectivity index (χ3v) is 2.96. The zero-order valence-corrected chi connectivity index (χ0v) is 8.58. The summed E-state index contributed by atoms with van der Waals surface area (Å²) in [5.41, 5.74) is 7.70. The molecule has 0 aliphatic carbocycles. The molecular weight excluding hydrogens is 228 g/mol. The largest absolute Gasteiger partial charge is 0.326 e. The molecule has 0 atom stereocenters. The Morgan fingerprint density at radius 3 is 2.92 bits per heavy atom. The summed E-state index contributed by atoms with van der Waals surface area (Å²) in [5, 5.41) is 1.12. The maximum atomic E-state index is 5.59. The molecule has 0 radical (unpaired) electrons. The molecule has 0 saturated heterocycles. The molecule has 2 nitrogen and oxygen atoms in total. The summed E-state index contributed by atoms with van der Waals surface area (Å²) in [6, 6.07) is 7.95. The number of halogens is 1. The third kappa shape index (κ3) is 1.45. The Morgan fingerprint density at radius 2 is 2.15 bits per heavy atom. The van der Waals surface area contributed by atoms with E-state index in [9.17, 15) is 0 Å². The van der Waals surface area contributed by atoms with Gasteiger partial charge in [-0.15, -0.1) is 0 Å². The number of benzene rings is 1. The van der Waals surface area contributed by atoms with Crippen LogP contribution in [0.15, 0.2) is 34.9 Å². The van der Waals surface area contributed by atoms with E-state index in [1.165, 1.54) is 0 Å². The standard InChI is InChI=1S/C10H9BrN2/c11-10-7(6-12)3-4-9-8(10)2-1-5-13-9/h1-5H,6,12H2. The van der Waals surface area contributed by atoms with Crippen LogP contribution in [0.2, 0.25) is 0 Å². The number of nitrogens with zero attached hydrogens (tertiary/aromatic N) is 1. The van der Waals surface area contributed by atoms with Crippen LogP contribution in [-0.2, 0) is 6.54 Å². The highest BCUT2D eigenvalue weighted by atomic mass is 79.9. The number of pyridine rings is 1. The monoisotopic (exact) mass is 236 g/mol. The van der Waals surface area contributed by atoms with Gasteiger partial charge in [-0.1, -0.05) is 12.1 Å². The highest BCUT2D eigenvalue weighted by Gasteiger charge is 2.02. The molecule has 0 amide bonds. The number of hydrogen-bond donors (Lipinski definition) is 1. The van der Waals surface area contributed by atoms with E-state index in [0.717, 1.165) is 20.9 Å². The molecule has 0 fully saturated rings. The van der Waals surface area contributed by atoms with Gasteiger partial charge in [-0.2, -0.15) is 0 Å². The van der Waals surface area contributed by atoms with Gasteiger partial charge in [0.25, 0.3) is 0 Å². The van der Waals surface area contributed by atoms with Gasteiger partial charge in [-0.25, -0.2) is 0 Å². The Hall–Kier alpha value is -0.930. The fraction of sp³-hybridized carbons (Fsp3) is 0.100. The van der Waals surface area contributed by atoms with Crippen molar-refractivity contribution in [2.45, 2.75) is 6.54 Å². The van der Waals surface area contributed by atoms with Crippen LogP contribution in [0.5, 0.6) is 0 Å². The zero-order chi connectivity index (χ0) is 9.26. The Kier molecular flexibility index (Phi) is 2.29. The van der Waals surface area contributed by atoms with Gasteiger partial charge in [-0.05, 0) is 33.6 Å². The van der Waals surface area contributed by atoms with E-state index in [-0.39, 0.29) is 0 Å². The summed E-state index contributed by atoms with van der Waals surface area (Å²) in [6.45, 7) is 0.547. The van der Waals surface area contributed by atoms with Gasteiger partial charge in [0.05, 0.1) is 5.52 Å². The number of rotatable bonds is 1. The minimum Gasteiger partial charge on any atom is -0.326 e. The van der Waals surface area contributed by atoms with Crippen LogP contribution >= 0.6 is 15.9 Å². The molecule has 1 aromatic carbocycles. The van der Waals surface area contributed by atoms with Gasteiger partial charge < -0.3 is 5.73 Å². The first-order valence-corrected chi connectivity index (χ1v) is 4.84. The SMILES string of the molecule is NCc1ccc2ncccc2c1Br. The minimum absolute atomic E-state index is 0.547. The zero-order valence-electron chi connectivity index (χ0n) is 7.00. The van der Waals surface area contributed by atoms with E-state index < -0.39 is 0 Å². The maximum absolute atomic E-state index is 5.59. The number of fused-ring (bicyclic) bond motifs is 1. The molecule has 1 heterocycles. The first-order valence-electron chi connectivity index (χ1n) is 4.05. The highest BCUT2D eigenvalue weighted by molar-refractivity contribution is 9.10. The van der Waals surface area contributed by atoms with Crippen molar-refractivity contribution >= 4 is 26.8 Å². The summed E-state index contributed by atoms with van der Waals surface area (Å²) in [5.74, 6) is 0. The summed E-state index contributed by atoms with van der Waals surface area (Å²) in [6.07, 6.45) is 1.79. The second kappa shape index (κ2) is 3.44. The fourth-order valence-electron chi connectivity index (χ4n) is 1.32. The lowest BCUT2D eigenvalue weighted by atomic mass is 10.1. The lowest BCUT2D eigenvalue weighted by Crippen LogP contribution is -1.97. The predicted octanol–water partition coefficient (Wildman–Crippen LogP) is 2.46. The van der Waals surface area contributed by atoms with Crippen molar-refractivity contribution in [3.05, 3.63) is 40.5 Å². The van der Waals surface area contributed by atoms with Gasteiger partial charge in [0.15, 0.2) is 0 Å². The molecule has 1 aromatic heterocycles. The van der Waals surface area contributed by atoms with Crippen LogP contribution in [0, 0.1) is 0 Å². The summed E-state index contributed by atoms with van der Waals surface area (Å²) in [7, 11) is 0. The molecule has 3 heteroatoms. The maximum Gasteiger partial charge on any atom is 0.0713 e. The van der Waals surface area contributed by atoms with Crippen LogP contribution in [0.25, 0.3) is 10.9 Å². The van der Waals surface area contributed by atoms with E-state index in [2.05, 4.69) is 20.9 Å². The minimum atomic E-state index is 0.547. The van der Waals surface area contributed by atoms with E-state index in [4.69, 9.17) is 5.73 Å². The Morgan fingerprint density at radius 1 is 1.31 bits per heavy atom. The van der Waals surface area contributed by atoms with Crippen molar-refractivity contribution in [1.29, 1.82) is 0 Å². The second-order valence-corrected chi connectivity index (χ2v) is 3.61. The van der Waals surface area contributed by atoms with Gasteiger partial charge in [0.1, 0.15) is 0 Å². The molecule has 2 N–H and O–H groups in total. The lowest BCUT2D eigenvalue weighted by Gasteiger charge is -2.04. The molecule has 2 rings (SSSR count). The van der Waals surface area contributed by atoms with Crippen LogP contribution in [0.4, 0.5) is 0 Å². The fourth-order valence-corrected chi connectivity index (χ4v) is 1.95.